The van der Waals surface area contributed by atoms with E-state index in [9.17, 15) is 4.39 Å². The number of hydrogen-bond acceptors (Lipinski definition) is 3. The number of rotatable bonds is 2. The summed E-state index contributed by atoms with van der Waals surface area (Å²) in [7, 11) is 0. The molecule has 2 unspecified atom stereocenters. The number of hydrogen-bond donors (Lipinski definition) is 1. The van der Waals surface area contributed by atoms with Gasteiger partial charge in [0.1, 0.15) is 5.82 Å². The van der Waals surface area contributed by atoms with E-state index in [4.69, 9.17) is 10.5 Å². The molecule has 1 heterocycles. The molecule has 2 fully saturated rings. The van der Waals surface area contributed by atoms with E-state index in [-0.39, 0.29) is 5.82 Å². The number of para-hydroxylation sites is 1. The average molecular weight is 250 g/mol. The van der Waals surface area contributed by atoms with Crippen LogP contribution in [0.5, 0.6) is 0 Å². The van der Waals surface area contributed by atoms with Gasteiger partial charge in [-0.1, -0.05) is 12.1 Å². The number of morpholine rings is 1. The van der Waals surface area contributed by atoms with Crippen molar-refractivity contribution in [3.63, 3.8) is 0 Å². The number of fused-ring (bicyclic) bond motifs is 1. The molecule has 0 amide bonds. The molecule has 4 heteroatoms. The largest absolute Gasteiger partial charge is 0.396 e. The molecule has 2 aliphatic rings. The Morgan fingerprint density at radius 3 is 3.17 bits per heavy atom. The van der Waals surface area contributed by atoms with E-state index in [2.05, 4.69) is 4.90 Å². The molecule has 1 aliphatic carbocycles. The molecule has 3 nitrogen and oxygen atoms in total. The first-order chi connectivity index (χ1) is 8.75. The number of benzene rings is 1. The third kappa shape index (κ3) is 2.10. The molecular formula is C14H19FN2O. The zero-order chi connectivity index (χ0) is 12.5. The third-order valence-electron chi connectivity index (χ3n) is 4.11. The molecule has 3 rings (SSSR count). The van der Waals surface area contributed by atoms with Crippen molar-refractivity contribution < 1.29 is 9.13 Å². The molecule has 98 valence electrons. The predicted molar refractivity (Wildman–Crippen MR) is 68.6 cm³/mol. The normalized spacial score (nSPS) is 28.3. The maximum absolute atomic E-state index is 13.4. The van der Waals surface area contributed by atoms with E-state index in [1.165, 1.54) is 18.9 Å². The lowest BCUT2D eigenvalue weighted by atomic mass is 10.1. The van der Waals surface area contributed by atoms with Gasteiger partial charge in [-0.3, -0.25) is 4.90 Å². The highest BCUT2D eigenvalue weighted by Crippen LogP contribution is 2.31. The molecular weight excluding hydrogens is 231 g/mol. The molecule has 0 aromatic heterocycles. The lowest BCUT2D eigenvalue weighted by Crippen LogP contribution is -2.47. The molecule has 2 N–H and O–H groups in total. The van der Waals surface area contributed by atoms with Gasteiger partial charge >= 0.3 is 0 Å². The lowest BCUT2D eigenvalue weighted by molar-refractivity contribution is -0.0587. The molecule has 1 aromatic carbocycles. The molecule has 0 bridgehead atoms. The minimum atomic E-state index is -0.316. The molecule has 1 aliphatic heterocycles. The zero-order valence-electron chi connectivity index (χ0n) is 10.4. The highest BCUT2D eigenvalue weighted by Gasteiger charge is 2.35. The number of ether oxygens (including phenoxy) is 1. The maximum Gasteiger partial charge on any atom is 0.146 e. The van der Waals surface area contributed by atoms with Gasteiger partial charge in [-0.25, -0.2) is 4.39 Å². The van der Waals surface area contributed by atoms with Crippen molar-refractivity contribution >= 4 is 5.69 Å². The monoisotopic (exact) mass is 250 g/mol. The number of anilines is 1. The summed E-state index contributed by atoms with van der Waals surface area (Å²) in [6, 6.07) is 5.54. The first-order valence-corrected chi connectivity index (χ1v) is 6.64. The van der Waals surface area contributed by atoms with Gasteiger partial charge in [-0.2, -0.15) is 0 Å². The standard InChI is InChI=1S/C14H19FN2O/c15-11-4-1-3-10(14(11)16)9-17-7-8-18-13-6-2-5-12(13)17/h1,3-4,12-13H,2,5-9,16H2. The average Bonchev–Trinajstić information content (AvgIpc) is 2.84. The van der Waals surface area contributed by atoms with Crippen LogP contribution in [0.1, 0.15) is 24.8 Å². The Bertz CT molecular complexity index is 438. The van der Waals surface area contributed by atoms with Crippen LogP contribution in [-0.4, -0.2) is 30.2 Å². The lowest BCUT2D eigenvalue weighted by Gasteiger charge is -2.37. The summed E-state index contributed by atoms with van der Waals surface area (Å²) in [6.45, 7) is 2.42. The van der Waals surface area contributed by atoms with Gasteiger partial charge < -0.3 is 10.5 Å². The topological polar surface area (TPSA) is 38.5 Å². The Hall–Kier alpha value is -1.13. The highest BCUT2D eigenvalue weighted by molar-refractivity contribution is 5.47. The first-order valence-electron chi connectivity index (χ1n) is 6.64. The fourth-order valence-electron chi connectivity index (χ4n) is 3.14. The second-order valence-electron chi connectivity index (χ2n) is 5.19. The molecule has 1 aromatic rings. The number of halogens is 1. The summed E-state index contributed by atoms with van der Waals surface area (Å²) in [4.78, 5) is 2.40. The van der Waals surface area contributed by atoms with E-state index < -0.39 is 0 Å². The van der Waals surface area contributed by atoms with Gasteiger partial charge in [0, 0.05) is 19.1 Å². The smallest absolute Gasteiger partial charge is 0.146 e. The number of nitrogens with two attached hydrogens (primary N) is 1. The Morgan fingerprint density at radius 2 is 2.28 bits per heavy atom. The van der Waals surface area contributed by atoms with Crippen LogP contribution in [0.3, 0.4) is 0 Å². The van der Waals surface area contributed by atoms with Crippen LogP contribution < -0.4 is 5.73 Å². The van der Waals surface area contributed by atoms with Gasteiger partial charge in [0.05, 0.1) is 18.4 Å². The fraction of sp³-hybridized carbons (Fsp3) is 0.571. The summed E-state index contributed by atoms with van der Waals surface area (Å²) in [5.41, 5.74) is 6.99. The minimum absolute atomic E-state index is 0.290. The molecule has 0 radical (unpaired) electrons. The first kappa shape index (κ1) is 11.9. The molecule has 18 heavy (non-hydrogen) atoms. The van der Waals surface area contributed by atoms with E-state index in [1.807, 2.05) is 6.07 Å². The van der Waals surface area contributed by atoms with Crippen molar-refractivity contribution in [1.29, 1.82) is 0 Å². The van der Waals surface area contributed by atoms with Gasteiger partial charge in [0.25, 0.3) is 0 Å². The van der Waals surface area contributed by atoms with Gasteiger partial charge in [-0.05, 0) is 30.9 Å². The van der Waals surface area contributed by atoms with Crippen LogP contribution >= 0.6 is 0 Å². The van der Waals surface area contributed by atoms with E-state index in [1.54, 1.807) is 6.07 Å². The van der Waals surface area contributed by atoms with Gasteiger partial charge in [0.15, 0.2) is 0 Å². The van der Waals surface area contributed by atoms with E-state index in [0.29, 0.717) is 17.8 Å². The summed E-state index contributed by atoms with van der Waals surface area (Å²) in [6.07, 6.45) is 3.93. The van der Waals surface area contributed by atoms with E-state index in [0.717, 1.165) is 31.7 Å². The van der Waals surface area contributed by atoms with Crippen LogP contribution in [0, 0.1) is 5.82 Å². The highest BCUT2D eigenvalue weighted by atomic mass is 19.1. The Balaban J connectivity index is 1.77. The minimum Gasteiger partial charge on any atom is -0.396 e. The number of nitrogens with zero attached hydrogens (tertiary/aromatic N) is 1. The third-order valence-corrected chi connectivity index (χ3v) is 4.11. The van der Waals surface area contributed by atoms with Crippen molar-refractivity contribution in [2.75, 3.05) is 18.9 Å². The second-order valence-corrected chi connectivity index (χ2v) is 5.19. The summed E-state index contributed by atoms with van der Waals surface area (Å²) < 4.78 is 19.2. The van der Waals surface area contributed by atoms with Crippen LogP contribution in [0.2, 0.25) is 0 Å². The van der Waals surface area contributed by atoms with Crippen molar-refractivity contribution in [2.45, 2.75) is 38.0 Å². The van der Waals surface area contributed by atoms with Crippen LogP contribution in [0.4, 0.5) is 10.1 Å². The summed E-state index contributed by atoms with van der Waals surface area (Å²) in [5, 5.41) is 0. The Morgan fingerprint density at radius 1 is 1.39 bits per heavy atom. The maximum atomic E-state index is 13.4. The Labute approximate surface area is 107 Å². The van der Waals surface area contributed by atoms with Crippen molar-refractivity contribution in [3.8, 4) is 0 Å². The number of nitrogen functional groups attached to an aromatic ring is 1. The van der Waals surface area contributed by atoms with Crippen molar-refractivity contribution in [3.05, 3.63) is 29.6 Å². The van der Waals surface area contributed by atoms with Gasteiger partial charge in [-0.15, -0.1) is 0 Å². The Kier molecular flexibility index (Phi) is 3.22. The molecule has 1 saturated heterocycles. The van der Waals surface area contributed by atoms with Crippen LogP contribution in [-0.2, 0) is 11.3 Å². The molecule has 1 saturated carbocycles. The van der Waals surface area contributed by atoms with Gasteiger partial charge in [0.2, 0.25) is 0 Å². The quantitative estimate of drug-likeness (QED) is 0.817. The predicted octanol–water partition coefficient (Wildman–Crippen LogP) is 2.16. The fourth-order valence-corrected chi connectivity index (χ4v) is 3.14. The van der Waals surface area contributed by atoms with E-state index >= 15 is 0 Å². The zero-order valence-corrected chi connectivity index (χ0v) is 10.4. The van der Waals surface area contributed by atoms with Crippen molar-refractivity contribution in [2.24, 2.45) is 0 Å². The molecule has 0 spiro atoms. The summed E-state index contributed by atoms with van der Waals surface area (Å²) >= 11 is 0. The summed E-state index contributed by atoms with van der Waals surface area (Å²) in [5.74, 6) is -0.316. The second kappa shape index (κ2) is 4.86. The van der Waals surface area contributed by atoms with Crippen LogP contribution in [0.15, 0.2) is 18.2 Å². The van der Waals surface area contributed by atoms with Crippen LogP contribution in [0.25, 0.3) is 0 Å². The molecule has 2 atom stereocenters. The SMILES string of the molecule is Nc1c(F)cccc1CN1CCOC2CCCC21. The van der Waals surface area contributed by atoms with Crippen molar-refractivity contribution in [1.82, 2.24) is 4.90 Å².